The van der Waals surface area contributed by atoms with Crippen LogP contribution in [0.25, 0.3) is 0 Å². The lowest BCUT2D eigenvalue weighted by Gasteiger charge is -2.27. The number of nitrogens with one attached hydrogen (secondary N) is 3. The fourth-order valence-electron chi connectivity index (χ4n) is 3.82. The Kier molecular flexibility index (Phi) is 7.68. The quantitative estimate of drug-likeness (QED) is 0.569. The summed E-state index contributed by atoms with van der Waals surface area (Å²) in [6.45, 7) is 6.79. The van der Waals surface area contributed by atoms with Crippen molar-refractivity contribution in [2.75, 3.05) is 55.8 Å². The molecule has 170 valence electrons. The van der Waals surface area contributed by atoms with Gasteiger partial charge in [-0.25, -0.2) is 0 Å². The molecule has 0 radical (unpaired) electrons. The van der Waals surface area contributed by atoms with E-state index in [1.807, 2.05) is 18.2 Å². The maximum atomic E-state index is 12.6. The molecule has 32 heavy (non-hydrogen) atoms. The third-order valence-corrected chi connectivity index (χ3v) is 6.89. The van der Waals surface area contributed by atoms with Gasteiger partial charge in [-0.1, -0.05) is 24.3 Å². The Balaban J connectivity index is 1.28. The Labute approximate surface area is 193 Å². The number of anilines is 2. The van der Waals surface area contributed by atoms with Crippen LogP contribution in [0.5, 0.6) is 0 Å². The summed E-state index contributed by atoms with van der Waals surface area (Å²) in [5, 5.41) is 9.24. The van der Waals surface area contributed by atoms with Crippen molar-refractivity contribution in [3.8, 4) is 0 Å². The Morgan fingerprint density at radius 2 is 2.00 bits per heavy atom. The van der Waals surface area contributed by atoms with Crippen LogP contribution in [0, 0.1) is 6.92 Å². The van der Waals surface area contributed by atoms with Gasteiger partial charge in [-0.2, -0.15) is 11.8 Å². The van der Waals surface area contributed by atoms with Gasteiger partial charge in [0, 0.05) is 43.2 Å². The first-order valence-corrected chi connectivity index (χ1v) is 12.2. The number of amides is 2. The second-order valence-electron chi connectivity index (χ2n) is 8.10. The first-order chi connectivity index (χ1) is 15.6. The van der Waals surface area contributed by atoms with Crippen LogP contribution in [-0.4, -0.2) is 67.9 Å². The zero-order valence-electron chi connectivity index (χ0n) is 18.4. The number of morpholine rings is 1. The van der Waals surface area contributed by atoms with Gasteiger partial charge >= 0.3 is 0 Å². The average molecular weight is 455 g/mol. The summed E-state index contributed by atoms with van der Waals surface area (Å²) in [4.78, 5) is 27.4. The molecule has 2 aromatic carbocycles. The summed E-state index contributed by atoms with van der Waals surface area (Å²) in [6.07, 6.45) is 0. The maximum absolute atomic E-state index is 12.6. The van der Waals surface area contributed by atoms with Crippen LogP contribution in [0.1, 0.15) is 21.5 Å². The molecule has 7 nitrogen and oxygen atoms in total. The van der Waals surface area contributed by atoms with Crippen molar-refractivity contribution in [2.24, 2.45) is 0 Å². The number of nitrogens with zero attached hydrogens (tertiary/aromatic N) is 1. The van der Waals surface area contributed by atoms with Crippen molar-refractivity contribution >= 4 is 35.0 Å². The number of thioether (sulfide) groups is 1. The fourth-order valence-corrected chi connectivity index (χ4v) is 4.95. The third-order valence-electron chi connectivity index (χ3n) is 5.81. The van der Waals surface area contributed by atoms with Crippen molar-refractivity contribution in [2.45, 2.75) is 18.7 Å². The lowest BCUT2D eigenvalue weighted by molar-refractivity contribution is -0.116. The molecule has 2 aliphatic heterocycles. The van der Waals surface area contributed by atoms with Crippen LogP contribution in [0.4, 0.5) is 11.4 Å². The first kappa shape index (κ1) is 22.6. The number of carbonyl (C=O) groups excluding carboxylic acids is 2. The van der Waals surface area contributed by atoms with Crippen LogP contribution in [0.15, 0.2) is 42.5 Å². The number of carbonyl (C=O) groups is 2. The summed E-state index contributed by atoms with van der Waals surface area (Å²) in [5.41, 5.74) is 4.59. The lowest BCUT2D eigenvalue weighted by atomic mass is 10.1. The van der Waals surface area contributed by atoms with Crippen LogP contribution in [-0.2, 0) is 15.3 Å². The van der Waals surface area contributed by atoms with Gasteiger partial charge < -0.3 is 20.7 Å². The number of rotatable bonds is 8. The molecule has 0 saturated carbocycles. The Morgan fingerprint density at radius 3 is 2.81 bits per heavy atom. The lowest BCUT2D eigenvalue weighted by Crippen LogP contribution is -2.41. The summed E-state index contributed by atoms with van der Waals surface area (Å²) in [7, 11) is 0. The number of fused-ring (bicyclic) bond motifs is 1. The predicted molar refractivity (Wildman–Crippen MR) is 129 cm³/mol. The van der Waals surface area contributed by atoms with Crippen LogP contribution in [0.2, 0.25) is 0 Å². The molecule has 3 N–H and O–H groups in total. The van der Waals surface area contributed by atoms with Gasteiger partial charge in [-0.3, -0.25) is 14.5 Å². The molecule has 1 atom stereocenters. The van der Waals surface area contributed by atoms with E-state index in [2.05, 4.69) is 39.9 Å². The van der Waals surface area contributed by atoms with Crippen LogP contribution in [0.3, 0.4) is 0 Å². The standard InChI is InChI=1S/C24H30N4O3S/c1-17-4-2-3-5-19(17)15-32-16-22-24(30)27-21-14-18(6-7-20(21)26-22)23(29)25-8-9-28-10-12-31-13-11-28/h2-7,14,22,26H,8-13,15-16H2,1H3,(H,25,29)(H,27,30)/t22-/m1/s1. The van der Waals surface area contributed by atoms with E-state index in [4.69, 9.17) is 4.74 Å². The minimum Gasteiger partial charge on any atom is -0.379 e. The molecule has 0 aromatic heterocycles. The number of hydrogen-bond acceptors (Lipinski definition) is 6. The number of aryl methyl sites for hydroxylation is 1. The molecule has 0 spiro atoms. The van der Waals surface area contributed by atoms with Crippen molar-refractivity contribution in [3.05, 3.63) is 59.2 Å². The number of ether oxygens (including phenoxy) is 1. The number of hydrogen-bond donors (Lipinski definition) is 3. The fraction of sp³-hybridized carbons (Fsp3) is 0.417. The van der Waals surface area contributed by atoms with Crippen LogP contribution < -0.4 is 16.0 Å². The summed E-state index contributed by atoms with van der Waals surface area (Å²) in [5.74, 6) is 1.34. The van der Waals surface area contributed by atoms with Crippen molar-refractivity contribution in [1.29, 1.82) is 0 Å². The highest BCUT2D eigenvalue weighted by molar-refractivity contribution is 7.98. The van der Waals surface area contributed by atoms with E-state index in [0.29, 0.717) is 23.5 Å². The molecule has 2 aliphatic rings. The number of benzene rings is 2. The molecule has 4 rings (SSSR count). The largest absolute Gasteiger partial charge is 0.379 e. The molecular formula is C24H30N4O3S. The minimum absolute atomic E-state index is 0.0698. The highest BCUT2D eigenvalue weighted by atomic mass is 32.2. The molecule has 1 fully saturated rings. The molecule has 2 aromatic rings. The second kappa shape index (κ2) is 10.8. The van der Waals surface area contributed by atoms with Gasteiger partial charge in [0.2, 0.25) is 5.91 Å². The Hall–Kier alpha value is -2.55. The van der Waals surface area contributed by atoms with Gasteiger partial charge in [0.1, 0.15) is 6.04 Å². The average Bonchev–Trinajstić information content (AvgIpc) is 2.81. The minimum atomic E-state index is -0.301. The van der Waals surface area contributed by atoms with E-state index in [1.54, 1.807) is 23.9 Å². The van der Waals surface area contributed by atoms with Gasteiger partial charge in [0.25, 0.3) is 5.91 Å². The second-order valence-corrected chi connectivity index (χ2v) is 9.13. The van der Waals surface area contributed by atoms with Gasteiger partial charge in [0.05, 0.1) is 24.6 Å². The predicted octanol–water partition coefficient (Wildman–Crippen LogP) is 2.72. The van der Waals surface area contributed by atoms with Crippen molar-refractivity contribution in [3.63, 3.8) is 0 Å². The molecule has 8 heteroatoms. The highest BCUT2D eigenvalue weighted by Crippen LogP contribution is 2.29. The molecule has 0 unspecified atom stereocenters. The van der Waals surface area contributed by atoms with Crippen LogP contribution >= 0.6 is 11.8 Å². The Morgan fingerprint density at radius 1 is 1.19 bits per heavy atom. The first-order valence-electron chi connectivity index (χ1n) is 11.0. The Bertz CT molecular complexity index is 962. The summed E-state index contributed by atoms with van der Waals surface area (Å²) < 4.78 is 5.34. The van der Waals surface area contributed by atoms with E-state index in [1.165, 1.54) is 11.1 Å². The SMILES string of the molecule is Cc1ccccc1CSC[C@H]1Nc2ccc(C(=O)NCCN3CCOCC3)cc2NC1=O. The zero-order valence-corrected chi connectivity index (χ0v) is 19.2. The van der Waals surface area contributed by atoms with Crippen molar-refractivity contribution < 1.29 is 14.3 Å². The normalized spacial score (nSPS) is 18.4. The smallest absolute Gasteiger partial charge is 0.251 e. The summed E-state index contributed by atoms with van der Waals surface area (Å²) in [6, 6.07) is 13.4. The molecular weight excluding hydrogens is 424 g/mol. The van der Waals surface area contributed by atoms with E-state index in [0.717, 1.165) is 44.3 Å². The van der Waals surface area contributed by atoms with E-state index in [9.17, 15) is 9.59 Å². The molecule has 2 amide bonds. The molecule has 0 aliphatic carbocycles. The summed E-state index contributed by atoms with van der Waals surface area (Å²) >= 11 is 1.73. The molecule has 2 heterocycles. The topological polar surface area (TPSA) is 82.7 Å². The maximum Gasteiger partial charge on any atom is 0.251 e. The van der Waals surface area contributed by atoms with E-state index < -0.39 is 0 Å². The molecule has 0 bridgehead atoms. The van der Waals surface area contributed by atoms with Gasteiger partial charge in [0.15, 0.2) is 0 Å². The van der Waals surface area contributed by atoms with Gasteiger partial charge in [-0.15, -0.1) is 0 Å². The monoisotopic (exact) mass is 454 g/mol. The van der Waals surface area contributed by atoms with E-state index >= 15 is 0 Å². The van der Waals surface area contributed by atoms with E-state index in [-0.39, 0.29) is 17.9 Å². The molecule has 1 saturated heterocycles. The van der Waals surface area contributed by atoms with Gasteiger partial charge in [-0.05, 0) is 36.2 Å². The zero-order chi connectivity index (χ0) is 22.3. The van der Waals surface area contributed by atoms with Crippen molar-refractivity contribution in [1.82, 2.24) is 10.2 Å². The highest BCUT2D eigenvalue weighted by Gasteiger charge is 2.26. The third kappa shape index (κ3) is 5.82.